The molecule has 0 spiro atoms. The second-order valence-electron chi connectivity index (χ2n) is 6.31. The van der Waals surface area contributed by atoms with Crippen molar-refractivity contribution in [3.8, 4) is 0 Å². The summed E-state index contributed by atoms with van der Waals surface area (Å²) in [5.41, 5.74) is 0.199. The van der Waals surface area contributed by atoms with E-state index in [1.807, 2.05) is 0 Å². The molecule has 1 fully saturated rings. The standard InChI is InChI=1S/C18H18FN3O5S/c19-15-4-8-17(9-5-15)28(26,27)21-11-1-10-20(12-13-21)18(23)14-2-6-16(7-3-14)22(24)25/h2-9H,1,10-13H2. The number of carbonyl (C=O) groups excluding carboxylic acids is 1. The molecule has 8 nitrogen and oxygen atoms in total. The van der Waals surface area contributed by atoms with Gasteiger partial charge in [-0.1, -0.05) is 0 Å². The van der Waals surface area contributed by atoms with Gasteiger partial charge >= 0.3 is 0 Å². The highest BCUT2D eigenvalue weighted by Crippen LogP contribution is 2.19. The van der Waals surface area contributed by atoms with Crippen LogP contribution in [0.5, 0.6) is 0 Å². The minimum absolute atomic E-state index is 0.00375. The number of nitro groups is 1. The van der Waals surface area contributed by atoms with E-state index in [9.17, 15) is 27.7 Å². The fraction of sp³-hybridized carbons (Fsp3) is 0.278. The van der Waals surface area contributed by atoms with Crippen LogP contribution in [0.2, 0.25) is 0 Å². The second kappa shape index (κ2) is 8.03. The first-order valence-corrected chi connectivity index (χ1v) is 10.0. The molecule has 2 aromatic carbocycles. The summed E-state index contributed by atoms with van der Waals surface area (Å²) in [6.45, 7) is 0.906. The smallest absolute Gasteiger partial charge is 0.269 e. The fourth-order valence-corrected chi connectivity index (χ4v) is 4.47. The average molecular weight is 407 g/mol. The van der Waals surface area contributed by atoms with Crippen LogP contribution >= 0.6 is 0 Å². The minimum Gasteiger partial charge on any atom is -0.337 e. The van der Waals surface area contributed by atoms with Crippen molar-refractivity contribution < 1.29 is 22.5 Å². The molecule has 10 heteroatoms. The van der Waals surface area contributed by atoms with Crippen LogP contribution in [-0.2, 0) is 10.0 Å². The van der Waals surface area contributed by atoms with E-state index in [-0.39, 0.29) is 36.1 Å². The van der Waals surface area contributed by atoms with Crippen LogP contribution in [0.15, 0.2) is 53.4 Å². The number of amides is 1. The van der Waals surface area contributed by atoms with Crippen molar-refractivity contribution in [1.29, 1.82) is 0 Å². The van der Waals surface area contributed by atoms with E-state index >= 15 is 0 Å². The third kappa shape index (κ3) is 4.18. The predicted octanol–water partition coefficient (Wildman–Crippen LogP) is 2.27. The van der Waals surface area contributed by atoms with Gasteiger partial charge in [0.2, 0.25) is 10.0 Å². The number of halogens is 1. The van der Waals surface area contributed by atoms with Crippen molar-refractivity contribution in [2.45, 2.75) is 11.3 Å². The lowest BCUT2D eigenvalue weighted by Gasteiger charge is -2.22. The summed E-state index contributed by atoms with van der Waals surface area (Å²) in [4.78, 5) is 24.4. The largest absolute Gasteiger partial charge is 0.337 e. The molecular weight excluding hydrogens is 389 g/mol. The molecule has 3 rings (SSSR count). The van der Waals surface area contributed by atoms with E-state index in [2.05, 4.69) is 0 Å². The summed E-state index contributed by atoms with van der Waals surface area (Å²) in [5.74, 6) is -0.828. The Balaban J connectivity index is 1.71. The number of carbonyl (C=O) groups is 1. The lowest BCUT2D eigenvalue weighted by molar-refractivity contribution is -0.384. The Morgan fingerprint density at radius 2 is 1.61 bits per heavy atom. The molecule has 0 saturated carbocycles. The Bertz CT molecular complexity index is 977. The number of hydrogen-bond donors (Lipinski definition) is 0. The first kappa shape index (κ1) is 19.9. The van der Waals surface area contributed by atoms with Crippen molar-refractivity contribution in [1.82, 2.24) is 9.21 Å². The Kier molecular flexibility index (Phi) is 5.71. The summed E-state index contributed by atoms with van der Waals surface area (Å²) in [6, 6.07) is 9.92. The Morgan fingerprint density at radius 3 is 2.21 bits per heavy atom. The molecule has 0 atom stereocenters. The van der Waals surface area contributed by atoms with Gasteiger partial charge in [-0.2, -0.15) is 4.31 Å². The van der Waals surface area contributed by atoms with Gasteiger partial charge in [-0.05, 0) is 42.8 Å². The van der Waals surface area contributed by atoms with Crippen LogP contribution in [0.1, 0.15) is 16.8 Å². The van der Waals surface area contributed by atoms with E-state index < -0.39 is 20.8 Å². The molecule has 1 amide bonds. The third-order valence-corrected chi connectivity index (χ3v) is 6.43. The molecular formula is C18H18FN3O5S. The lowest BCUT2D eigenvalue weighted by atomic mass is 10.2. The number of nitro benzene ring substituents is 1. The lowest BCUT2D eigenvalue weighted by Crippen LogP contribution is -2.37. The van der Waals surface area contributed by atoms with Crippen molar-refractivity contribution in [2.24, 2.45) is 0 Å². The normalized spacial score (nSPS) is 15.8. The second-order valence-corrected chi connectivity index (χ2v) is 8.25. The van der Waals surface area contributed by atoms with Gasteiger partial charge in [0.05, 0.1) is 9.82 Å². The van der Waals surface area contributed by atoms with Crippen molar-refractivity contribution in [3.05, 3.63) is 70.0 Å². The molecule has 0 aromatic heterocycles. The highest BCUT2D eigenvalue weighted by molar-refractivity contribution is 7.89. The van der Waals surface area contributed by atoms with Gasteiger partial charge in [0.25, 0.3) is 11.6 Å². The Hall–Kier alpha value is -2.85. The number of nitrogens with zero attached hydrogens (tertiary/aromatic N) is 3. The monoisotopic (exact) mass is 407 g/mol. The van der Waals surface area contributed by atoms with E-state index in [0.717, 1.165) is 12.1 Å². The summed E-state index contributed by atoms with van der Waals surface area (Å²) in [6.07, 6.45) is 0.444. The first-order chi connectivity index (χ1) is 13.3. The van der Waals surface area contributed by atoms with Crippen LogP contribution in [0.4, 0.5) is 10.1 Å². The first-order valence-electron chi connectivity index (χ1n) is 8.58. The van der Waals surface area contributed by atoms with Gasteiger partial charge in [0.1, 0.15) is 5.82 Å². The van der Waals surface area contributed by atoms with Gasteiger partial charge in [-0.25, -0.2) is 12.8 Å². The molecule has 1 heterocycles. The number of sulfonamides is 1. The molecule has 0 bridgehead atoms. The van der Waals surface area contributed by atoms with E-state index in [0.29, 0.717) is 18.5 Å². The molecule has 0 N–H and O–H groups in total. The molecule has 2 aromatic rings. The molecule has 1 saturated heterocycles. The van der Waals surface area contributed by atoms with Gasteiger partial charge < -0.3 is 4.90 Å². The zero-order valence-corrected chi connectivity index (χ0v) is 15.6. The molecule has 1 aliphatic heterocycles. The van der Waals surface area contributed by atoms with Crippen LogP contribution < -0.4 is 0 Å². The summed E-state index contributed by atoms with van der Waals surface area (Å²) < 4.78 is 39.8. The zero-order chi connectivity index (χ0) is 20.3. The highest BCUT2D eigenvalue weighted by Gasteiger charge is 2.28. The average Bonchev–Trinajstić information content (AvgIpc) is 2.94. The van der Waals surface area contributed by atoms with Crippen LogP contribution in [-0.4, -0.2) is 54.6 Å². The number of hydrogen-bond acceptors (Lipinski definition) is 5. The van der Waals surface area contributed by atoms with Crippen LogP contribution in [0.3, 0.4) is 0 Å². The molecule has 1 aliphatic rings. The van der Waals surface area contributed by atoms with Gasteiger partial charge in [-0.3, -0.25) is 14.9 Å². The van der Waals surface area contributed by atoms with Crippen molar-refractivity contribution in [2.75, 3.05) is 26.2 Å². The molecule has 148 valence electrons. The maximum absolute atomic E-state index is 13.1. The van der Waals surface area contributed by atoms with E-state index in [1.54, 1.807) is 0 Å². The molecule has 28 heavy (non-hydrogen) atoms. The number of rotatable bonds is 4. The minimum atomic E-state index is -3.78. The van der Waals surface area contributed by atoms with Crippen molar-refractivity contribution >= 4 is 21.6 Å². The Morgan fingerprint density at radius 1 is 0.964 bits per heavy atom. The maximum atomic E-state index is 13.1. The van der Waals surface area contributed by atoms with E-state index in [4.69, 9.17) is 0 Å². The number of benzene rings is 2. The highest BCUT2D eigenvalue weighted by atomic mass is 32.2. The fourth-order valence-electron chi connectivity index (χ4n) is 3.00. The Labute approximate surface area is 161 Å². The topological polar surface area (TPSA) is 101 Å². The zero-order valence-electron chi connectivity index (χ0n) is 14.8. The third-order valence-electron chi connectivity index (χ3n) is 4.52. The van der Waals surface area contributed by atoms with Crippen LogP contribution in [0, 0.1) is 15.9 Å². The molecule has 0 radical (unpaired) electrons. The van der Waals surface area contributed by atoms with Crippen molar-refractivity contribution in [3.63, 3.8) is 0 Å². The molecule has 0 aliphatic carbocycles. The summed E-state index contributed by atoms with van der Waals surface area (Å²) in [5, 5.41) is 10.7. The van der Waals surface area contributed by atoms with E-state index in [1.165, 1.54) is 45.6 Å². The molecule has 0 unspecified atom stereocenters. The predicted molar refractivity (Wildman–Crippen MR) is 98.8 cm³/mol. The van der Waals surface area contributed by atoms with Gasteiger partial charge in [-0.15, -0.1) is 0 Å². The summed E-state index contributed by atoms with van der Waals surface area (Å²) in [7, 11) is -3.78. The summed E-state index contributed by atoms with van der Waals surface area (Å²) >= 11 is 0. The van der Waals surface area contributed by atoms with Crippen LogP contribution in [0.25, 0.3) is 0 Å². The van der Waals surface area contributed by atoms with Gasteiger partial charge in [0, 0.05) is 43.9 Å². The quantitative estimate of drug-likeness (QED) is 0.572. The van der Waals surface area contributed by atoms with Gasteiger partial charge in [0.15, 0.2) is 0 Å². The maximum Gasteiger partial charge on any atom is 0.269 e. The SMILES string of the molecule is O=C(c1ccc([N+](=O)[O-])cc1)N1CCCN(S(=O)(=O)c2ccc(F)cc2)CC1. The number of non-ortho nitro benzene ring substituents is 1.